The molecule has 1 aromatic heterocycles. The molecule has 0 bridgehead atoms. The van der Waals surface area contributed by atoms with Crippen molar-refractivity contribution in [3.05, 3.63) is 204 Å². The molecule has 2 aliphatic heterocycles. The molecule has 3 aliphatic rings. The van der Waals surface area contributed by atoms with Crippen LogP contribution in [0.1, 0.15) is 89.1 Å². The van der Waals surface area contributed by atoms with Crippen molar-refractivity contribution in [2.75, 3.05) is 14.7 Å². The van der Waals surface area contributed by atoms with E-state index in [2.05, 4.69) is 253 Å². The van der Waals surface area contributed by atoms with Gasteiger partial charge in [-0.15, -0.1) is 11.3 Å². The van der Waals surface area contributed by atoms with E-state index in [0.29, 0.717) is 0 Å². The van der Waals surface area contributed by atoms with E-state index in [0.717, 1.165) is 17.1 Å². The summed E-state index contributed by atoms with van der Waals surface area (Å²) < 4.78 is 1.38. The quantitative estimate of drug-likeness (QED) is 0.154. The van der Waals surface area contributed by atoms with E-state index >= 15 is 0 Å². The Morgan fingerprint density at radius 3 is 1.72 bits per heavy atom. The predicted octanol–water partition coefficient (Wildman–Crippen LogP) is 16.4. The van der Waals surface area contributed by atoms with Crippen LogP contribution in [-0.4, -0.2) is 6.71 Å². The summed E-state index contributed by atoms with van der Waals surface area (Å²) in [4.78, 5) is 7.55. The number of fused-ring (bicyclic) bond motifs is 7. The van der Waals surface area contributed by atoms with Crippen molar-refractivity contribution in [1.29, 1.82) is 0 Å². The Balaban J connectivity index is 1.15. The summed E-state index contributed by atoms with van der Waals surface area (Å²) in [5.41, 5.74) is 23.1. The largest absolute Gasteiger partial charge is 0.311 e. The molecule has 9 aromatic rings. The zero-order valence-electron chi connectivity index (χ0n) is 41.5. The van der Waals surface area contributed by atoms with Crippen LogP contribution in [0.25, 0.3) is 21.2 Å². The Kier molecular flexibility index (Phi) is 9.99. The number of para-hydroxylation sites is 2. The monoisotopic (exact) mass is 913 g/mol. The van der Waals surface area contributed by atoms with Crippen LogP contribution in [0.5, 0.6) is 0 Å². The fraction of sp³-hybridized carbons (Fsp3) is 0.219. The topological polar surface area (TPSA) is 9.72 Å². The number of rotatable bonds is 6. The summed E-state index contributed by atoms with van der Waals surface area (Å²) >= 11 is 1.99. The highest BCUT2D eigenvalue weighted by atomic mass is 32.1. The van der Waals surface area contributed by atoms with Crippen molar-refractivity contribution in [3.8, 4) is 11.1 Å². The molecule has 3 heterocycles. The molecule has 0 saturated carbocycles. The van der Waals surface area contributed by atoms with Crippen LogP contribution in [0.3, 0.4) is 0 Å². The van der Waals surface area contributed by atoms with Gasteiger partial charge >= 0.3 is 0 Å². The molecule has 8 aromatic carbocycles. The van der Waals surface area contributed by atoms with Crippen LogP contribution in [-0.2, 0) is 16.2 Å². The Hall–Kier alpha value is -6.82. The van der Waals surface area contributed by atoms with Gasteiger partial charge < -0.3 is 14.7 Å². The standard InChI is InChI=1S/C64H60BN3S/c1-41-17-16-22-50(35-41)67-55-36-42(2)23-32-54(55)65-59-51-39-52-53(64(8,9)34-33-63(52,6)7)40-58(51)69-61(59)68(49-30-26-45(27-31-49)62(3,4)5)57-38-44(37-56(67)60(57)65)43-24-28-48(29-25-43)66(46-18-12-10-13-19-46)47-20-14-11-15-21-47/h10-32,35-40H,33-34H2,1-9H3. The lowest BCUT2D eigenvalue weighted by atomic mass is 9.33. The van der Waals surface area contributed by atoms with Crippen molar-refractivity contribution in [3.63, 3.8) is 0 Å². The van der Waals surface area contributed by atoms with Crippen molar-refractivity contribution in [2.45, 2.75) is 91.4 Å². The first-order valence-electron chi connectivity index (χ1n) is 24.8. The van der Waals surface area contributed by atoms with E-state index in [1.807, 2.05) is 11.3 Å². The molecule has 12 rings (SSSR count). The van der Waals surface area contributed by atoms with Gasteiger partial charge in [0.1, 0.15) is 0 Å². The molecule has 0 unspecified atom stereocenters. The normalized spacial score (nSPS) is 15.3. The Morgan fingerprint density at radius 2 is 1.10 bits per heavy atom. The Bertz CT molecular complexity index is 3410. The number of hydrogen-bond acceptors (Lipinski definition) is 4. The second kappa shape index (κ2) is 15.9. The number of nitrogens with zero attached hydrogens (tertiary/aromatic N) is 3. The molecule has 0 saturated heterocycles. The second-order valence-corrected chi connectivity index (χ2v) is 23.3. The van der Waals surface area contributed by atoms with Gasteiger partial charge in [0.05, 0.1) is 5.00 Å². The van der Waals surface area contributed by atoms with Crippen molar-refractivity contribution in [1.82, 2.24) is 0 Å². The summed E-state index contributed by atoms with van der Waals surface area (Å²) in [6.07, 6.45) is 2.37. The van der Waals surface area contributed by atoms with E-state index in [-0.39, 0.29) is 23.0 Å². The minimum atomic E-state index is 0.0278. The van der Waals surface area contributed by atoms with Crippen LogP contribution >= 0.6 is 11.3 Å². The highest BCUT2D eigenvalue weighted by molar-refractivity contribution is 7.26. The molecule has 5 heteroatoms. The number of benzene rings is 8. The first-order valence-corrected chi connectivity index (χ1v) is 25.6. The molecule has 0 fully saturated rings. The first kappa shape index (κ1) is 43.5. The van der Waals surface area contributed by atoms with Gasteiger partial charge in [0.25, 0.3) is 6.71 Å². The van der Waals surface area contributed by atoms with Crippen molar-refractivity contribution in [2.24, 2.45) is 0 Å². The van der Waals surface area contributed by atoms with Gasteiger partial charge in [-0.25, -0.2) is 0 Å². The van der Waals surface area contributed by atoms with Gasteiger partial charge in [-0.1, -0.05) is 133 Å². The number of aryl methyl sites for hydroxylation is 2. The summed E-state index contributed by atoms with van der Waals surface area (Å²) in [7, 11) is 0. The average molecular weight is 914 g/mol. The van der Waals surface area contributed by atoms with E-state index in [4.69, 9.17) is 0 Å². The third-order valence-corrected chi connectivity index (χ3v) is 16.7. The van der Waals surface area contributed by atoms with Crippen LogP contribution in [0.4, 0.5) is 50.5 Å². The molecule has 0 spiro atoms. The molecule has 0 amide bonds. The molecule has 0 radical (unpaired) electrons. The van der Waals surface area contributed by atoms with E-state index < -0.39 is 0 Å². The molecule has 1 aliphatic carbocycles. The van der Waals surface area contributed by atoms with Gasteiger partial charge in [-0.05, 0) is 195 Å². The van der Waals surface area contributed by atoms with Crippen LogP contribution in [0.2, 0.25) is 0 Å². The smallest absolute Gasteiger partial charge is 0.254 e. The predicted molar refractivity (Wildman–Crippen MR) is 299 cm³/mol. The maximum absolute atomic E-state index is 2.64. The van der Waals surface area contributed by atoms with E-state index in [1.54, 1.807) is 0 Å². The highest BCUT2D eigenvalue weighted by Gasteiger charge is 2.47. The SMILES string of the molecule is Cc1cccc(N2c3cc(C)ccc3B3c4c2cc(-c2ccc(N(c5ccccc5)c5ccccc5)cc2)cc4N(c2ccc(C(C)(C)C)cc2)c2sc4cc5c(cc4c23)C(C)(C)CCC5(C)C)c1. The lowest BCUT2D eigenvalue weighted by Crippen LogP contribution is -2.61. The van der Waals surface area contributed by atoms with E-state index in [9.17, 15) is 0 Å². The zero-order chi connectivity index (χ0) is 47.6. The van der Waals surface area contributed by atoms with Crippen LogP contribution < -0.4 is 31.1 Å². The van der Waals surface area contributed by atoms with Crippen LogP contribution in [0, 0.1) is 13.8 Å². The highest BCUT2D eigenvalue weighted by Crippen LogP contribution is 2.53. The number of hydrogen-bond donors (Lipinski definition) is 0. The second-order valence-electron chi connectivity index (χ2n) is 22.3. The zero-order valence-corrected chi connectivity index (χ0v) is 42.3. The fourth-order valence-electron chi connectivity index (χ4n) is 11.7. The molecule has 340 valence electrons. The average Bonchev–Trinajstić information content (AvgIpc) is 3.71. The lowest BCUT2D eigenvalue weighted by molar-refractivity contribution is 0.332. The summed E-state index contributed by atoms with van der Waals surface area (Å²) in [5.74, 6) is 0. The van der Waals surface area contributed by atoms with Gasteiger partial charge in [-0.2, -0.15) is 0 Å². The molecule has 69 heavy (non-hydrogen) atoms. The summed E-state index contributed by atoms with van der Waals surface area (Å²) in [6, 6.07) is 66.6. The number of anilines is 9. The van der Waals surface area contributed by atoms with Gasteiger partial charge in [0, 0.05) is 50.2 Å². The first-order chi connectivity index (χ1) is 33.1. The Morgan fingerprint density at radius 1 is 0.507 bits per heavy atom. The fourth-order valence-corrected chi connectivity index (χ4v) is 13.0. The van der Waals surface area contributed by atoms with Gasteiger partial charge in [-0.3, -0.25) is 0 Å². The molecular formula is C64H60BN3S. The van der Waals surface area contributed by atoms with E-state index in [1.165, 1.54) is 112 Å². The van der Waals surface area contributed by atoms with Crippen molar-refractivity contribution < 1.29 is 0 Å². The molecule has 0 N–H and O–H groups in total. The molecule has 0 atom stereocenters. The van der Waals surface area contributed by atoms with Crippen LogP contribution in [0.15, 0.2) is 176 Å². The summed E-state index contributed by atoms with van der Waals surface area (Å²) in [5, 5.41) is 2.72. The molecular weight excluding hydrogens is 854 g/mol. The maximum atomic E-state index is 2.64. The molecule has 3 nitrogen and oxygen atoms in total. The van der Waals surface area contributed by atoms with Gasteiger partial charge in [0.15, 0.2) is 0 Å². The number of thiophene rings is 1. The Labute approximate surface area is 413 Å². The van der Waals surface area contributed by atoms with Crippen molar-refractivity contribution >= 4 is 95.0 Å². The maximum Gasteiger partial charge on any atom is 0.254 e. The third kappa shape index (κ3) is 7.15. The third-order valence-electron chi connectivity index (χ3n) is 15.6. The lowest BCUT2D eigenvalue weighted by Gasteiger charge is -2.44. The minimum Gasteiger partial charge on any atom is -0.311 e. The minimum absolute atomic E-state index is 0.0278. The van der Waals surface area contributed by atoms with Gasteiger partial charge in [0.2, 0.25) is 0 Å². The summed E-state index contributed by atoms with van der Waals surface area (Å²) in [6.45, 7) is 21.3.